The van der Waals surface area contributed by atoms with Gasteiger partial charge in [-0.25, -0.2) is 0 Å². The minimum Gasteiger partial charge on any atom is -0.490 e. The van der Waals surface area contributed by atoms with Crippen LogP contribution in [0.4, 0.5) is 11.4 Å². The van der Waals surface area contributed by atoms with Gasteiger partial charge in [0.2, 0.25) is 11.8 Å². The predicted octanol–water partition coefficient (Wildman–Crippen LogP) is 3.27. The summed E-state index contributed by atoms with van der Waals surface area (Å²) in [6.45, 7) is 2.09. The van der Waals surface area contributed by atoms with Crippen LogP contribution < -0.4 is 15.0 Å². The van der Waals surface area contributed by atoms with Crippen molar-refractivity contribution in [2.75, 3.05) is 25.1 Å². The number of methoxy groups -OCH3 is 1. The van der Waals surface area contributed by atoms with E-state index in [1.807, 2.05) is 12.1 Å². The lowest BCUT2D eigenvalue weighted by Crippen LogP contribution is -2.52. The summed E-state index contributed by atoms with van der Waals surface area (Å²) >= 11 is 0. The highest BCUT2D eigenvalue weighted by Gasteiger charge is 2.43. The molecule has 0 radical (unpaired) electrons. The number of hydrogen-bond donors (Lipinski definition) is 1. The van der Waals surface area contributed by atoms with Gasteiger partial charge in [-0.15, -0.1) is 0 Å². The number of nitrogens with one attached hydrogen (secondary N) is 1. The van der Waals surface area contributed by atoms with Crippen LogP contribution >= 0.6 is 0 Å². The van der Waals surface area contributed by atoms with Crippen molar-refractivity contribution in [3.63, 3.8) is 0 Å². The molecular formula is C30H30N4O6. The Bertz CT molecular complexity index is 1470. The summed E-state index contributed by atoms with van der Waals surface area (Å²) < 4.78 is 5.23. The van der Waals surface area contributed by atoms with Gasteiger partial charge in [-0.2, -0.15) is 0 Å². The zero-order valence-corrected chi connectivity index (χ0v) is 22.2. The molecule has 10 nitrogen and oxygen atoms in total. The Kier molecular flexibility index (Phi) is 6.66. The Morgan fingerprint density at radius 1 is 1.10 bits per heavy atom. The van der Waals surface area contributed by atoms with Crippen LogP contribution in [0.3, 0.4) is 0 Å². The molecule has 6 rings (SSSR count). The number of fused-ring (bicyclic) bond motifs is 1. The van der Waals surface area contributed by atoms with E-state index in [4.69, 9.17) is 4.74 Å². The van der Waals surface area contributed by atoms with Gasteiger partial charge in [-0.1, -0.05) is 17.9 Å². The molecular weight excluding hydrogens is 512 g/mol. The minimum absolute atomic E-state index is 0.0300. The Hall–Kier alpha value is -4.39. The molecule has 0 spiro atoms. The van der Waals surface area contributed by atoms with Crippen molar-refractivity contribution >= 4 is 29.1 Å². The number of rotatable bonds is 5. The molecule has 0 bridgehead atoms. The number of piperidine rings is 2. The van der Waals surface area contributed by atoms with E-state index in [0.29, 0.717) is 36.3 Å². The zero-order valence-electron chi connectivity index (χ0n) is 22.2. The molecule has 0 aromatic heterocycles. The number of amides is 3. The minimum atomic E-state index is -0.635. The van der Waals surface area contributed by atoms with Crippen molar-refractivity contribution in [1.29, 1.82) is 0 Å². The number of anilines is 1. The molecule has 3 fully saturated rings. The van der Waals surface area contributed by atoms with Crippen LogP contribution in [0.1, 0.15) is 53.6 Å². The van der Waals surface area contributed by atoms with Gasteiger partial charge in [0.1, 0.15) is 6.04 Å². The van der Waals surface area contributed by atoms with Crippen LogP contribution in [-0.4, -0.2) is 53.8 Å². The molecule has 40 heavy (non-hydrogen) atoms. The Balaban J connectivity index is 1.07. The van der Waals surface area contributed by atoms with Crippen molar-refractivity contribution < 1.29 is 24.0 Å². The second kappa shape index (κ2) is 10.3. The Morgan fingerprint density at radius 2 is 1.90 bits per heavy atom. The molecule has 10 heteroatoms. The number of hydrogen-bond acceptors (Lipinski definition) is 7. The van der Waals surface area contributed by atoms with Crippen molar-refractivity contribution in [3.05, 3.63) is 63.2 Å². The molecule has 3 heterocycles. The Labute approximate surface area is 231 Å². The van der Waals surface area contributed by atoms with E-state index < -0.39 is 16.9 Å². The molecule has 2 saturated heterocycles. The van der Waals surface area contributed by atoms with Gasteiger partial charge in [0.05, 0.1) is 12.0 Å². The monoisotopic (exact) mass is 542 g/mol. The summed E-state index contributed by atoms with van der Waals surface area (Å²) in [7, 11) is 1.45. The highest BCUT2D eigenvalue weighted by Crippen LogP contribution is 2.48. The number of nitro groups is 1. The van der Waals surface area contributed by atoms with E-state index >= 15 is 0 Å². The van der Waals surface area contributed by atoms with E-state index in [1.54, 1.807) is 23.1 Å². The molecule has 1 unspecified atom stereocenters. The summed E-state index contributed by atoms with van der Waals surface area (Å²) in [4.78, 5) is 51.6. The molecule has 206 valence electrons. The standard InChI is InChI=1S/C30H30N4O6/c1-40-27-16-21(7-8-25(27)34(38)39)32-13-11-19(12-14-32)23-15-20(23)6-5-18-3-2-4-22-24(18)17-33(30(22)37)26-9-10-28(35)31-29(26)36/h2-4,7-8,16,19-20,23,26H,9-15,17H2,1H3,(H,31,35,36)/t20-,23+,26?/m0/s1. The maximum atomic E-state index is 13.1. The average molecular weight is 543 g/mol. The summed E-state index contributed by atoms with van der Waals surface area (Å²) in [6.07, 6.45) is 3.72. The number of benzene rings is 2. The highest BCUT2D eigenvalue weighted by atomic mass is 16.6. The molecule has 3 aliphatic heterocycles. The average Bonchev–Trinajstić information content (AvgIpc) is 3.66. The number of imide groups is 1. The second-order valence-electron chi connectivity index (χ2n) is 10.9. The molecule has 2 aromatic carbocycles. The van der Waals surface area contributed by atoms with Gasteiger partial charge in [-0.05, 0) is 61.3 Å². The lowest BCUT2D eigenvalue weighted by Gasteiger charge is -2.34. The molecule has 3 atom stereocenters. The van der Waals surface area contributed by atoms with Crippen molar-refractivity contribution in [2.45, 2.75) is 44.7 Å². The highest BCUT2D eigenvalue weighted by molar-refractivity contribution is 6.05. The summed E-state index contributed by atoms with van der Waals surface area (Å²) in [6, 6.07) is 9.95. The molecule has 1 saturated carbocycles. The summed E-state index contributed by atoms with van der Waals surface area (Å²) in [5.41, 5.74) is 3.17. The molecule has 1 N–H and O–H groups in total. The number of nitro benzene ring substituents is 1. The number of ether oxygens (including phenoxy) is 1. The van der Waals surface area contributed by atoms with Crippen LogP contribution in [0.15, 0.2) is 36.4 Å². The number of carbonyl (C=O) groups excluding carboxylic acids is 3. The molecule has 3 amide bonds. The summed E-state index contributed by atoms with van der Waals surface area (Å²) in [5.74, 6) is 7.64. The second-order valence-corrected chi connectivity index (χ2v) is 10.9. The maximum Gasteiger partial charge on any atom is 0.311 e. The van der Waals surface area contributed by atoms with Crippen molar-refractivity contribution in [1.82, 2.24) is 10.2 Å². The fourth-order valence-electron chi connectivity index (χ4n) is 6.37. The van der Waals surface area contributed by atoms with E-state index in [2.05, 4.69) is 22.1 Å². The summed E-state index contributed by atoms with van der Waals surface area (Å²) in [5, 5.41) is 13.5. The zero-order chi connectivity index (χ0) is 28.0. The third-order valence-corrected chi connectivity index (χ3v) is 8.68. The first-order chi connectivity index (χ1) is 19.3. The molecule has 2 aromatic rings. The van der Waals surface area contributed by atoms with E-state index in [-0.39, 0.29) is 29.7 Å². The van der Waals surface area contributed by atoms with Gasteiger partial charge in [0.25, 0.3) is 5.91 Å². The lowest BCUT2D eigenvalue weighted by atomic mass is 9.90. The van der Waals surface area contributed by atoms with E-state index in [0.717, 1.165) is 49.2 Å². The Morgan fingerprint density at radius 3 is 2.62 bits per heavy atom. The van der Waals surface area contributed by atoms with Gasteiger partial charge >= 0.3 is 5.69 Å². The topological polar surface area (TPSA) is 122 Å². The fraction of sp³-hybridized carbons (Fsp3) is 0.433. The lowest BCUT2D eigenvalue weighted by molar-refractivity contribution is -0.385. The van der Waals surface area contributed by atoms with Crippen LogP contribution in [0.2, 0.25) is 0 Å². The quantitative estimate of drug-likeness (QED) is 0.266. The van der Waals surface area contributed by atoms with Gasteiger partial charge in [-0.3, -0.25) is 29.8 Å². The van der Waals surface area contributed by atoms with Crippen LogP contribution in [-0.2, 0) is 16.1 Å². The van der Waals surface area contributed by atoms with E-state index in [9.17, 15) is 24.5 Å². The van der Waals surface area contributed by atoms with Gasteiger partial charge < -0.3 is 14.5 Å². The third-order valence-electron chi connectivity index (χ3n) is 8.68. The van der Waals surface area contributed by atoms with Crippen LogP contribution in [0.25, 0.3) is 0 Å². The van der Waals surface area contributed by atoms with Crippen molar-refractivity contribution in [2.24, 2.45) is 17.8 Å². The number of nitrogens with zero attached hydrogens (tertiary/aromatic N) is 3. The van der Waals surface area contributed by atoms with Gasteiger partial charge in [0.15, 0.2) is 5.75 Å². The first kappa shape index (κ1) is 25.9. The van der Waals surface area contributed by atoms with Crippen LogP contribution in [0.5, 0.6) is 5.75 Å². The number of carbonyl (C=O) groups is 3. The SMILES string of the molecule is COc1cc(N2CCC([C@H]3C[C@@H]3C#Cc3cccc4c3CN(C3CCC(=O)NC3=O)C4=O)CC2)ccc1[N+](=O)[O-]. The van der Waals surface area contributed by atoms with Crippen LogP contribution in [0, 0.1) is 39.7 Å². The van der Waals surface area contributed by atoms with E-state index in [1.165, 1.54) is 13.2 Å². The fourth-order valence-corrected chi connectivity index (χ4v) is 6.37. The maximum absolute atomic E-state index is 13.1. The molecule has 4 aliphatic rings. The smallest absolute Gasteiger partial charge is 0.311 e. The normalized spacial score (nSPS) is 24.2. The first-order valence-corrected chi connectivity index (χ1v) is 13.7. The van der Waals surface area contributed by atoms with Gasteiger partial charge in [0, 0.05) is 60.9 Å². The largest absolute Gasteiger partial charge is 0.490 e. The first-order valence-electron chi connectivity index (χ1n) is 13.7. The third kappa shape index (κ3) is 4.76. The predicted molar refractivity (Wildman–Crippen MR) is 146 cm³/mol. The van der Waals surface area contributed by atoms with Crippen molar-refractivity contribution in [3.8, 4) is 17.6 Å². The molecule has 1 aliphatic carbocycles.